The molecule has 102 valence electrons. The Morgan fingerprint density at radius 1 is 1.42 bits per heavy atom. The quantitative estimate of drug-likeness (QED) is 0.899. The third-order valence-electron chi connectivity index (χ3n) is 2.77. The average molecular weight is 280 g/mol. The number of imidazole rings is 1. The van der Waals surface area contributed by atoms with Crippen molar-refractivity contribution in [2.75, 3.05) is 12.4 Å². The fourth-order valence-corrected chi connectivity index (χ4v) is 2.13. The van der Waals surface area contributed by atoms with Gasteiger partial charge in [0.2, 0.25) is 5.95 Å². The van der Waals surface area contributed by atoms with Crippen molar-refractivity contribution in [3.05, 3.63) is 35.1 Å². The van der Waals surface area contributed by atoms with E-state index in [9.17, 15) is 0 Å². The minimum Gasteiger partial charge on any atom is -0.495 e. The lowest BCUT2D eigenvalue weighted by Crippen LogP contribution is -2.03. The van der Waals surface area contributed by atoms with Gasteiger partial charge in [0.1, 0.15) is 5.75 Å². The first-order valence-corrected chi connectivity index (χ1v) is 6.66. The molecule has 0 aliphatic carbocycles. The lowest BCUT2D eigenvalue weighted by Gasteiger charge is -2.12. The van der Waals surface area contributed by atoms with Gasteiger partial charge in [-0.15, -0.1) is 0 Å². The molecular formula is C14H18ClN3O. The number of hydrogen-bond donors (Lipinski definition) is 1. The van der Waals surface area contributed by atoms with Crippen molar-refractivity contribution in [3.63, 3.8) is 0 Å². The molecule has 1 aromatic carbocycles. The number of anilines is 2. The van der Waals surface area contributed by atoms with E-state index in [1.807, 2.05) is 25.3 Å². The van der Waals surface area contributed by atoms with Crippen molar-refractivity contribution in [1.29, 1.82) is 0 Å². The Morgan fingerprint density at radius 2 is 2.21 bits per heavy atom. The largest absolute Gasteiger partial charge is 0.495 e. The Morgan fingerprint density at radius 3 is 2.89 bits per heavy atom. The molecule has 2 aromatic rings. The number of aryl methyl sites for hydroxylation is 2. The summed E-state index contributed by atoms with van der Waals surface area (Å²) in [4.78, 5) is 4.48. The molecule has 1 heterocycles. The molecule has 0 atom stereocenters. The molecule has 0 fully saturated rings. The number of ether oxygens (including phenoxy) is 1. The zero-order chi connectivity index (χ0) is 13.8. The van der Waals surface area contributed by atoms with Crippen molar-refractivity contribution in [2.45, 2.75) is 26.8 Å². The third-order valence-corrected chi connectivity index (χ3v) is 3.00. The van der Waals surface area contributed by atoms with E-state index in [0.717, 1.165) is 36.0 Å². The molecule has 0 aliphatic heterocycles. The van der Waals surface area contributed by atoms with Crippen LogP contribution < -0.4 is 10.1 Å². The second-order valence-electron chi connectivity index (χ2n) is 4.37. The summed E-state index contributed by atoms with van der Waals surface area (Å²) in [5.41, 5.74) is 1.80. The van der Waals surface area contributed by atoms with Crippen LogP contribution in [0.1, 0.15) is 19.0 Å². The Labute approximate surface area is 118 Å². The molecular weight excluding hydrogens is 262 g/mol. The zero-order valence-electron chi connectivity index (χ0n) is 11.4. The Bertz CT molecular complexity index is 566. The summed E-state index contributed by atoms with van der Waals surface area (Å²) in [6.07, 6.45) is 3.08. The van der Waals surface area contributed by atoms with E-state index < -0.39 is 0 Å². The van der Waals surface area contributed by atoms with Gasteiger partial charge < -0.3 is 14.6 Å². The number of nitrogens with zero attached hydrogens (tertiary/aromatic N) is 2. The standard InChI is InChI=1S/C14H18ClN3O/c1-4-7-18-9-10(2)16-14(18)17-12-8-11(15)5-6-13(12)19-3/h5-6,8-9H,4,7H2,1-3H3,(H,16,17). The van der Waals surface area contributed by atoms with Gasteiger partial charge in [0.15, 0.2) is 0 Å². The van der Waals surface area contributed by atoms with E-state index in [0.29, 0.717) is 5.02 Å². The maximum absolute atomic E-state index is 6.02. The maximum atomic E-state index is 6.02. The molecule has 0 saturated heterocycles. The topological polar surface area (TPSA) is 39.1 Å². The minimum atomic E-state index is 0.661. The average Bonchev–Trinajstić information content (AvgIpc) is 2.70. The fourth-order valence-electron chi connectivity index (χ4n) is 1.96. The first-order valence-electron chi connectivity index (χ1n) is 6.28. The van der Waals surface area contributed by atoms with Gasteiger partial charge in [0, 0.05) is 17.8 Å². The zero-order valence-corrected chi connectivity index (χ0v) is 12.2. The lowest BCUT2D eigenvalue weighted by atomic mass is 10.3. The summed E-state index contributed by atoms with van der Waals surface area (Å²) in [6.45, 7) is 5.04. The smallest absolute Gasteiger partial charge is 0.207 e. The highest BCUT2D eigenvalue weighted by atomic mass is 35.5. The van der Waals surface area contributed by atoms with Gasteiger partial charge in [-0.25, -0.2) is 4.98 Å². The number of hydrogen-bond acceptors (Lipinski definition) is 3. The Kier molecular flexibility index (Phi) is 4.32. The number of benzene rings is 1. The van der Waals surface area contributed by atoms with Gasteiger partial charge in [-0.3, -0.25) is 0 Å². The number of methoxy groups -OCH3 is 1. The molecule has 2 rings (SSSR count). The van der Waals surface area contributed by atoms with Crippen LogP contribution in [0, 0.1) is 6.92 Å². The first kappa shape index (κ1) is 13.7. The predicted octanol–water partition coefficient (Wildman–Crippen LogP) is 4.01. The first-order chi connectivity index (χ1) is 9.13. The van der Waals surface area contributed by atoms with Crippen molar-refractivity contribution in [2.24, 2.45) is 0 Å². The molecule has 1 aromatic heterocycles. The molecule has 0 bridgehead atoms. The van der Waals surface area contributed by atoms with Crippen LogP contribution >= 0.6 is 11.6 Å². The van der Waals surface area contributed by atoms with E-state index in [1.165, 1.54) is 0 Å². The van der Waals surface area contributed by atoms with Gasteiger partial charge in [-0.1, -0.05) is 18.5 Å². The van der Waals surface area contributed by atoms with Crippen molar-refractivity contribution in [1.82, 2.24) is 9.55 Å². The summed E-state index contributed by atoms with van der Waals surface area (Å²) in [5.74, 6) is 1.55. The maximum Gasteiger partial charge on any atom is 0.207 e. The van der Waals surface area contributed by atoms with Crippen LogP contribution in [0.5, 0.6) is 5.75 Å². The van der Waals surface area contributed by atoms with Gasteiger partial charge in [-0.05, 0) is 31.5 Å². The van der Waals surface area contributed by atoms with E-state index in [1.54, 1.807) is 13.2 Å². The van der Waals surface area contributed by atoms with E-state index in [2.05, 4.69) is 21.8 Å². The van der Waals surface area contributed by atoms with Crippen LogP contribution in [0.4, 0.5) is 11.6 Å². The summed E-state index contributed by atoms with van der Waals surface area (Å²) >= 11 is 6.02. The van der Waals surface area contributed by atoms with Gasteiger partial charge in [0.05, 0.1) is 18.5 Å². The van der Waals surface area contributed by atoms with Gasteiger partial charge >= 0.3 is 0 Å². The molecule has 0 aliphatic rings. The monoisotopic (exact) mass is 279 g/mol. The highest BCUT2D eigenvalue weighted by molar-refractivity contribution is 6.30. The predicted molar refractivity (Wildman–Crippen MR) is 78.5 cm³/mol. The molecule has 4 nitrogen and oxygen atoms in total. The minimum absolute atomic E-state index is 0.661. The third kappa shape index (κ3) is 3.20. The van der Waals surface area contributed by atoms with Crippen LogP contribution in [0.3, 0.4) is 0 Å². The van der Waals surface area contributed by atoms with Crippen molar-refractivity contribution >= 4 is 23.2 Å². The van der Waals surface area contributed by atoms with Crippen LogP contribution in [-0.4, -0.2) is 16.7 Å². The molecule has 5 heteroatoms. The van der Waals surface area contributed by atoms with Crippen molar-refractivity contribution < 1.29 is 4.74 Å². The summed E-state index contributed by atoms with van der Waals surface area (Å²) in [5, 5.41) is 3.94. The van der Waals surface area contributed by atoms with Crippen molar-refractivity contribution in [3.8, 4) is 5.75 Å². The number of halogens is 1. The Hall–Kier alpha value is -1.68. The molecule has 0 spiro atoms. The van der Waals surface area contributed by atoms with Crippen LogP contribution in [-0.2, 0) is 6.54 Å². The second kappa shape index (κ2) is 5.97. The van der Waals surface area contributed by atoms with Crippen LogP contribution in [0.15, 0.2) is 24.4 Å². The van der Waals surface area contributed by atoms with E-state index >= 15 is 0 Å². The lowest BCUT2D eigenvalue weighted by molar-refractivity contribution is 0.416. The number of aromatic nitrogens is 2. The van der Waals surface area contributed by atoms with Gasteiger partial charge in [-0.2, -0.15) is 0 Å². The molecule has 0 amide bonds. The summed E-state index contributed by atoms with van der Waals surface area (Å²) < 4.78 is 7.41. The fraction of sp³-hybridized carbons (Fsp3) is 0.357. The van der Waals surface area contributed by atoms with E-state index in [4.69, 9.17) is 16.3 Å². The highest BCUT2D eigenvalue weighted by Gasteiger charge is 2.09. The molecule has 19 heavy (non-hydrogen) atoms. The van der Waals surface area contributed by atoms with E-state index in [-0.39, 0.29) is 0 Å². The summed E-state index contributed by atoms with van der Waals surface area (Å²) in [6, 6.07) is 5.47. The second-order valence-corrected chi connectivity index (χ2v) is 4.81. The SMILES string of the molecule is CCCn1cc(C)nc1Nc1cc(Cl)ccc1OC. The number of rotatable bonds is 5. The molecule has 0 radical (unpaired) electrons. The Balaban J connectivity index is 2.32. The van der Waals surface area contributed by atoms with Crippen LogP contribution in [0.25, 0.3) is 0 Å². The molecule has 0 unspecified atom stereocenters. The normalized spacial score (nSPS) is 10.5. The summed E-state index contributed by atoms with van der Waals surface area (Å²) in [7, 11) is 1.64. The number of nitrogens with one attached hydrogen (secondary N) is 1. The van der Waals surface area contributed by atoms with Gasteiger partial charge in [0.25, 0.3) is 0 Å². The molecule has 0 saturated carbocycles. The van der Waals surface area contributed by atoms with Crippen LogP contribution in [0.2, 0.25) is 5.02 Å². The highest BCUT2D eigenvalue weighted by Crippen LogP contribution is 2.30. The molecule has 1 N–H and O–H groups in total.